The summed E-state index contributed by atoms with van der Waals surface area (Å²) in [7, 11) is 4.12. The van der Waals surface area contributed by atoms with Crippen LogP contribution >= 0.6 is 0 Å². The molecule has 0 saturated heterocycles. The van der Waals surface area contributed by atoms with Gasteiger partial charge in [0.15, 0.2) is 5.82 Å². The molecule has 4 nitrogen and oxygen atoms in total. The predicted octanol–water partition coefficient (Wildman–Crippen LogP) is 1.47. The third-order valence-corrected chi connectivity index (χ3v) is 2.06. The summed E-state index contributed by atoms with van der Waals surface area (Å²) in [6, 6.07) is 3.89. The fourth-order valence-corrected chi connectivity index (χ4v) is 1.25. The molecule has 1 aromatic rings. The summed E-state index contributed by atoms with van der Waals surface area (Å²) in [5, 5.41) is 3.04. The van der Waals surface area contributed by atoms with Gasteiger partial charge < -0.3 is 15.0 Å². The van der Waals surface area contributed by atoms with E-state index in [1.54, 1.807) is 0 Å². The molecule has 0 bridgehead atoms. The van der Waals surface area contributed by atoms with Crippen molar-refractivity contribution in [2.45, 2.75) is 6.42 Å². The lowest BCUT2D eigenvalue weighted by Crippen LogP contribution is -2.15. The first kappa shape index (κ1) is 9.27. The molecule has 0 aromatic carbocycles. The highest BCUT2D eigenvalue weighted by molar-refractivity contribution is 5.86. The van der Waals surface area contributed by atoms with E-state index in [-0.39, 0.29) is 0 Å². The van der Waals surface area contributed by atoms with Crippen molar-refractivity contribution in [2.24, 2.45) is 0 Å². The molecular weight excluding hydrogens is 178 g/mol. The van der Waals surface area contributed by atoms with Crippen LogP contribution in [-0.2, 0) is 0 Å². The zero-order valence-electron chi connectivity index (χ0n) is 8.58. The Labute approximate surface area is 83.9 Å². The second-order valence-corrected chi connectivity index (χ2v) is 3.68. The summed E-state index contributed by atoms with van der Waals surface area (Å²) in [5.74, 6) is 1.67. The minimum atomic E-state index is 0.715. The van der Waals surface area contributed by atoms with Crippen LogP contribution in [0.1, 0.15) is 6.42 Å². The maximum absolute atomic E-state index is 5.49. The minimum Gasteiger partial charge on any atom is -0.478 e. The topological polar surface area (TPSA) is 47.3 Å². The van der Waals surface area contributed by atoms with E-state index < -0.39 is 0 Å². The number of aromatic nitrogens is 1. The largest absolute Gasteiger partial charge is 0.478 e. The zero-order chi connectivity index (χ0) is 9.97. The zero-order valence-corrected chi connectivity index (χ0v) is 8.58. The first-order chi connectivity index (χ1) is 6.75. The summed E-state index contributed by atoms with van der Waals surface area (Å²) < 4.78 is 5.49. The van der Waals surface area contributed by atoms with Crippen molar-refractivity contribution in [1.82, 2.24) is 9.88 Å². The lowest BCUT2D eigenvalue weighted by molar-refractivity contribution is 0.274. The van der Waals surface area contributed by atoms with E-state index >= 15 is 0 Å². The number of nitrogens with zero attached hydrogens (tertiary/aromatic N) is 2. The Kier molecular flexibility index (Phi) is 2.54. The van der Waals surface area contributed by atoms with Crippen molar-refractivity contribution >= 4 is 11.5 Å². The summed E-state index contributed by atoms with van der Waals surface area (Å²) in [6.45, 7) is 1.77. The SMILES string of the molecule is CN(C)CCCOc1ccc2c(n1)N2. The van der Waals surface area contributed by atoms with Crippen molar-refractivity contribution in [3.8, 4) is 5.88 Å². The summed E-state index contributed by atoms with van der Waals surface area (Å²) in [4.78, 5) is 6.38. The molecule has 1 aromatic heterocycles. The number of ether oxygens (including phenoxy) is 1. The third-order valence-electron chi connectivity index (χ3n) is 2.06. The van der Waals surface area contributed by atoms with E-state index in [0.29, 0.717) is 5.88 Å². The maximum Gasteiger partial charge on any atom is 0.215 e. The first-order valence-electron chi connectivity index (χ1n) is 4.81. The van der Waals surface area contributed by atoms with E-state index in [4.69, 9.17) is 4.74 Å². The molecule has 4 heteroatoms. The van der Waals surface area contributed by atoms with Gasteiger partial charge in [-0.1, -0.05) is 0 Å². The van der Waals surface area contributed by atoms with Crippen LogP contribution in [0.3, 0.4) is 0 Å². The van der Waals surface area contributed by atoms with Crippen molar-refractivity contribution < 1.29 is 4.74 Å². The fraction of sp³-hybridized carbons (Fsp3) is 0.500. The van der Waals surface area contributed by atoms with Gasteiger partial charge in [-0.15, -0.1) is 0 Å². The highest BCUT2D eigenvalue weighted by Crippen LogP contribution is 2.37. The van der Waals surface area contributed by atoms with Gasteiger partial charge in [0, 0.05) is 12.6 Å². The quantitative estimate of drug-likeness (QED) is 0.577. The van der Waals surface area contributed by atoms with Crippen LogP contribution in [0.25, 0.3) is 0 Å². The Bertz CT molecular complexity index is 325. The molecule has 14 heavy (non-hydrogen) atoms. The molecule has 1 aliphatic rings. The molecule has 2 heterocycles. The standard InChI is InChI=1S/C10H15N3O/c1-13(2)6-3-7-14-9-5-4-8-10(11-8)12-9/h4-5H,3,6-7H2,1-2H3,(H,11,12). The van der Waals surface area contributed by atoms with Gasteiger partial charge in [-0.25, -0.2) is 0 Å². The lowest BCUT2D eigenvalue weighted by Gasteiger charge is -2.09. The normalized spacial score (nSPS) is 12.2. The van der Waals surface area contributed by atoms with Gasteiger partial charge in [0.1, 0.15) is 0 Å². The van der Waals surface area contributed by atoms with E-state index in [0.717, 1.165) is 31.1 Å². The predicted molar refractivity (Wildman–Crippen MR) is 56.2 cm³/mol. The molecule has 2 rings (SSSR count). The van der Waals surface area contributed by atoms with Gasteiger partial charge in [-0.2, -0.15) is 4.98 Å². The highest BCUT2D eigenvalue weighted by Gasteiger charge is 2.17. The van der Waals surface area contributed by atoms with E-state index in [9.17, 15) is 0 Å². The molecule has 0 unspecified atom stereocenters. The van der Waals surface area contributed by atoms with Crippen LogP contribution in [0.15, 0.2) is 12.1 Å². The molecule has 0 atom stereocenters. The Morgan fingerprint density at radius 1 is 1.43 bits per heavy atom. The second-order valence-electron chi connectivity index (χ2n) is 3.68. The Morgan fingerprint density at radius 2 is 2.29 bits per heavy atom. The van der Waals surface area contributed by atoms with Gasteiger partial charge in [0.05, 0.1) is 12.3 Å². The number of rotatable bonds is 5. The monoisotopic (exact) mass is 193 g/mol. The van der Waals surface area contributed by atoms with E-state index in [1.807, 2.05) is 12.1 Å². The van der Waals surface area contributed by atoms with Gasteiger partial charge in [0.25, 0.3) is 0 Å². The van der Waals surface area contributed by atoms with Gasteiger partial charge in [-0.05, 0) is 26.6 Å². The third kappa shape index (κ3) is 2.35. The molecule has 0 fully saturated rings. The van der Waals surface area contributed by atoms with Gasteiger partial charge in [-0.3, -0.25) is 0 Å². The first-order valence-corrected chi connectivity index (χ1v) is 4.81. The van der Waals surface area contributed by atoms with E-state index in [2.05, 4.69) is 29.3 Å². The molecule has 0 spiro atoms. The van der Waals surface area contributed by atoms with Crippen LogP contribution in [0, 0.1) is 0 Å². The smallest absolute Gasteiger partial charge is 0.215 e. The molecule has 0 radical (unpaired) electrons. The van der Waals surface area contributed by atoms with Gasteiger partial charge in [0.2, 0.25) is 5.88 Å². The van der Waals surface area contributed by atoms with Crippen LogP contribution in [0.4, 0.5) is 11.5 Å². The van der Waals surface area contributed by atoms with Crippen molar-refractivity contribution in [3.63, 3.8) is 0 Å². The Morgan fingerprint density at radius 3 is 3.00 bits per heavy atom. The molecule has 1 aliphatic heterocycles. The fourth-order valence-electron chi connectivity index (χ4n) is 1.25. The van der Waals surface area contributed by atoms with E-state index in [1.165, 1.54) is 0 Å². The van der Waals surface area contributed by atoms with Crippen molar-refractivity contribution in [3.05, 3.63) is 12.1 Å². The highest BCUT2D eigenvalue weighted by atomic mass is 16.5. The average Bonchev–Trinajstić information content (AvgIpc) is 2.90. The number of pyridine rings is 1. The Balaban J connectivity index is 1.71. The maximum atomic E-state index is 5.49. The summed E-state index contributed by atoms with van der Waals surface area (Å²) in [5.41, 5.74) is 1.12. The molecule has 0 saturated carbocycles. The lowest BCUT2D eigenvalue weighted by atomic mass is 10.4. The molecule has 0 amide bonds. The van der Waals surface area contributed by atoms with Crippen LogP contribution in [0.5, 0.6) is 5.88 Å². The number of fused-ring (bicyclic) bond motifs is 1. The molecule has 76 valence electrons. The minimum absolute atomic E-state index is 0.715. The molecule has 0 aliphatic carbocycles. The summed E-state index contributed by atoms with van der Waals surface area (Å²) in [6.07, 6.45) is 1.03. The van der Waals surface area contributed by atoms with Crippen LogP contribution < -0.4 is 10.1 Å². The van der Waals surface area contributed by atoms with Crippen molar-refractivity contribution in [1.29, 1.82) is 0 Å². The number of hydrogen-bond acceptors (Lipinski definition) is 4. The average molecular weight is 193 g/mol. The molecule has 1 N–H and O–H groups in total. The van der Waals surface area contributed by atoms with Gasteiger partial charge >= 0.3 is 0 Å². The number of nitrogens with one attached hydrogen (secondary N) is 1. The van der Waals surface area contributed by atoms with Crippen LogP contribution in [0.2, 0.25) is 0 Å². The summed E-state index contributed by atoms with van der Waals surface area (Å²) >= 11 is 0. The molecular formula is C10H15N3O. The van der Waals surface area contributed by atoms with Crippen molar-refractivity contribution in [2.75, 3.05) is 32.6 Å². The van der Waals surface area contributed by atoms with Crippen LogP contribution in [-0.4, -0.2) is 37.1 Å². The number of hydrogen-bond donors (Lipinski definition) is 1. The second kappa shape index (κ2) is 3.84. The Hall–Kier alpha value is -1.29. The number of anilines is 2.